The van der Waals surface area contributed by atoms with E-state index < -0.39 is 35.1 Å². The van der Waals surface area contributed by atoms with Crippen molar-refractivity contribution in [2.45, 2.75) is 25.4 Å². The van der Waals surface area contributed by atoms with Gasteiger partial charge in [0.15, 0.2) is 6.61 Å². The fourth-order valence-electron chi connectivity index (χ4n) is 2.43. The summed E-state index contributed by atoms with van der Waals surface area (Å²) in [5, 5.41) is 10.5. The summed E-state index contributed by atoms with van der Waals surface area (Å²) in [4.78, 5) is 35.4. The Morgan fingerprint density at radius 2 is 2.00 bits per heavy atom. The van der Waals surface area contributed by atoms with E-state index in [1.165, 1.54) is 11.0 Å². The highest BCUT2D eigenvalue weighted by Gasteiger charge is 2.33. The van der Waals surface area contributed by atoms with Gasteiger partial charge < -0.3 is 14.1 Å². The van der Waals surface area contributed by atoms with Crippen molar-refractivity contribution >= 4 is 17.8 Å². The maximum absolute atomic E-state index is 13.8. The van der Waals surface area contributed by atoms with Gasteiger partial charge in [-0.3, -0.25) is 14.9 Å². The van der Waals surface area contributed by atoms with E-state index in [1.807, 2.05) is 0 Å². The zero-order chi connectivity index (χ0) is 18.7. The Morgan fingerprint density at radius 1 is 1.27 bits per heavy atom. The van der Waals surface area contributed by atoms with E-state index in [9.17, 15) is 24.1 Å². The number of hydrogen-bond acceptors (Lipinski definition) is 6. The van der Waals surface area contributed by atoms with Crippen LogP contribution >= 0.6 is 0 Å². The van der Waals surface area contributed by atoms with Crippen LogP contribution in [0.1, 0.15) is 29.0 Å². The van der Waals surface area contributed by atoms with Crippen LogP contribution in [0.5, 0.6) is 0 Å². The Labute approximate surface area is 147 Å². The maximum atomic E-state index is 13.8. The molecule has 0 aliphatic heterocycles. The van der Waals surface area contributed by atoms with Gasteiger partial charge in [-0.15, -0.1) is 0 Å². The summed E-state index contributed by atoms with van der Waals surface area (Å²) >= 11 is 0. The van der Waals surface area contributed by atoms with Gasteiger partial charge in [0, 0.05) is 18.2 Å². The molecule has 1 aliphatic rings. The standard InChI is InChI=1S/C17H15FN2O6/c18-13-4-2-1-3-11(13)9-19(12-5-6-12)15(21)10-25-17(22)14-7-8-16(26-14)20(23)24/h1-4,7-8,12H,5-6,9-10H2. The molecule has 1 aromatic heterocycles. The first-order valence-electron chi connectivity index (χ1n) is 7.90. The second-order valence-electron chi connectivity index (χ2n) is 5.82. The first-order chi connectivity index (χ1) is 12.5. The monoisotopic (exact) mass is 362 g/mol. The Kier molecular flexibility index (Phi) is 4.97. The van der Waals surface area contributed by atoms with Crippen LogP contribution in [0.15, 0.2) is 40.8 Å². The lowest BCUT2D eigenvalue weighted by molar-refractivity contribution is -0.402. The van der Waals surface area contributed by atoms with Crippen molar-refractivity contribution in [3.8, 4) is 0 Å². The van der Waals surface area contributed by atoms with Gasteiger partial charge in [0.05, 0.1) is 6.07 Å². The van der Waals surface area contributed by atoms with Crippen LogP contribution in [0.2, 0.25) is 0 Å². The highest BCUT2D eigenvalue weighted by Crippen LogP contribution is 2.29. The highest BCUT2D eigenvalue weighted by atomic mass is 19.1. The van der Waals surface area contributed by atoms with Crippen molar-refractivity contribution in [3.63, 3.8) is 0 Å². The third kappa shape index (κ3) is 4.05. The van der Waals surface area contributed by atoms with Gasteiger partial charge in [-0.25, -0.2) is 9.18 Å². The number of rotatable bonds is 7. The third-order valence-corrected chi connectivity index (χ3v) is 3.91. The van der Waals surface area contributed by atoms with Gasteiger partial charge in [-0.05, 0) is 25.0 Å². The molecule has 0 radical (unpaired) electrons. The first-order valence-corrected chi connectivity index (χ1v) is 7.90. The number of furan rings is 1. The molecule has 1 aliphatic carbocycles. The molecule has 1 amide bonds. The summed E-state index contributed by atoms with van der Waals surface area (Å²) < 4.78 is 23.4. The molecule has 9 heteroatoms. The van der Waals surface area contributed by atoms with Crippen LogP contribution in [0.25, 0.3) is 0 Å². The molecule has 8 nitrogen and oxygen atoms in total. The van der Waals surface area contributed by atoms with Gasteiger partial charge >= 0.3 is 11.9 Å². The van der Waals surface area contributed by atoms with E-state index in [0.717, 1.165) is 25.0 Å². The second-order valence-corrected chi connectivity index (χ2v) is 5.82. The zero-order valence-electron chi connectivity index (χ0n) is 13.6. The van der Waals surface area contributed by atoms with E-state index in [4.69, 9.17) is 9.15 Å². The molecule has 0 N–H and O–H groups in total. The molecule has 0 bridgehead atoms. The lowest BCUT2D eigenvalue weighted by Crippen LogP contribution is -2.36. The molecule has 3 rings (SSSR count). The molecule has 0 spiro atoms. The maximum Gasteiger partial charge on any atom is 0.433 e. The van der Waals surface area contributed by atoms with Crippen LogP contribution in [0, 0.1) is 15.9 Å². The molecule has 0 saturated heterocycles. The highest BCUT2D eigenvalue weighted by molar-refractivity contribution is 5.89. The number of hydrogen-bond donors (Lipinski definition) is 0. The minimum atomic E-state index is -0.979. The lowest BCUT2D eigenvalue weighted by Gasteiger charge is -2.22. The molecule has 0 atom stereocenters. The molecule has 2 aromatic rings. The predicted octanol–water partition coefficient (Wildman–Crippen LogP) is 2.67. The molecule has 0 unspecified atom stereocenters. The molecule has 1 heterocycles. The smallest absolute Gasteiger partial charge is 0.433 e. The number of halogens is 1. The van der Waals surface area contributed by atoms with Gasteiger partial charge in [0.25, 0.3) is 5.91 Å². The fraction of sp³-hybridized carbons (Fsp3) is 0.294. The van der Waals surface area contributed by atoms with E-state index in [1.54, 1.807) is 18.2 Å². The minimum Gasteiger partial charge on any atom is -0.450 e. The number of benzene rings is 1. The van der Waals surface area contributed by atoms with Crippen molar-refractivity contribution in [2.24, 2.45) is 0 Å². The Bertz CT molecular complexity index is 845. The van der Waals surface area contributed by atoms with Gasteiger partial charge in [-0.1, -0.05) is 18.2 Å². The largest absolute Gasteiger partial charge is 0.450 e. The van der Waals surface area contributed by atoms with Crippen molar-refractivity contribution in [1.82, 2.24) is 4.90 Å². The molecular formula is C17H15FN2O6. The molecule has 1 aromatic carbocycles. The third-order valence-electron chi connectivity index (χ3n) is 3.91. The second kappa shape index (κ2) is 7.34. The van der Waals surface area contributed by atoms with Crippen molar-refractivity contribution in [1.29, 1.82) is 0 Å². The lowest BCUT2D eigenvalue weighted by atomic mass is 10.2. The van der Waals surface area contributed by atoms with Crippen LogP contribution in [0.4, 0.5) is 10.3 Å². The number of ether oxygens (including phenoxy) is 1. The van der Waals surface area contributed by atoms with E-state index >= 15 is 0 Å². The average Bonchev–Trinajstić information content (AvgIpc) is 3.33. The number of esters is 1. The number of carbonyl (C=O) groups is 2. The van der Waals surface area contributed by atoms with Crippen molar-refractivity contribution in [2.75, 3.05) is 6.61 Å². The van der Waals surface area contributed by atoms with E-state index in [2.05, 4.69) is 0 Å². The number of amides is 1. The SMILES string of the molecule is O=C(OCC(=O)N(Cc1ccccc1F)C1CC1)c1ccc([N+](=O)[O-])o1. The number of nitrogens with zero attached hydrogens (tertiary/aromatic N) is 2. The summed E-state index contributed by atoms with van der Waals surface area (Å²) in [6, 6.07) is 8.26. The molecule has 1 saturated carbocycles. The van der Waals surface area contributed by atoms with Crippen molar-refractivity contribution in [3.05, 3.63) is 63.7 Å². The molecular weight excluding hydrogens is 347 g/mol. The number of carbonyl (C=O) groups excluding carboxylic acids is 2. The Balaban J connectivity index is 1.60. The van der Waals surface area contributed by atoms with Crippen LogP contribution in [0.3, 0.4) is 0 Å². The fourth-order valence-corrected chi connectivity index (χ4v) is 2.43. The summed E-state index contributed by atoms with van der Waals surface area (Å²) in [7, 11) is 0. The minimum absolute atomic E-state index is 0.00879. The summed E-state index contributed by atoms with van der Waals surface area (Å²) in [6.45, 7) is -0.474. The number of nitro groups is 1. The van der Waals surface area contributed by atoms with Gasteiger partial charge in [-0.2, -0.15) is 0 Å². The quantitative estimate of drug-likeness (QED) is 0.426. The van der Waals surface area contributed by atoms with E-state index in [0.29, 0.717) is 5.56 Å². The normalized spacial score (nSPS) is 13.3. The van der Waals surface area contributed by atoms with E-state index in [-0.39, 0.29) is 18.3 Å². The molecule has 1 fully saturated rings. The first kappa shape index (κ1) is 17.6. The van der Waals surface area contributed by atoms with Gasteiger partial charge in [0.1, 0.15) is 10.7 Å². The summed E-state index contributed by atoms with van der Waals surface area (Å²) in [6.07, 6.45) is 1.61. The molecule has 136 valence electrons. The average molecular weight is 362 g/mol. The van der Waals surface area contributed by atoms with Crippen LogP contribution < -0.4 is 0 Å². The predicted molar refractivity (Wildman–Crippen MR) is 85.6 cm³/mol. The van der Waals surface area contributed by atoms with Crippen LogP contribution in [-0.4, -0.2) is 34.3 Å². The zero-order valence-corrected chi connectivity index (χ0v) is 13.6. The topological polar surface area (TPSA) is 103 Å². The molecule has 26 heavy (non-hydrogen) atoms. The van der Waals surface area contributed by atoms with Gasteiger partial charge in [0.2, 0.25) is 5.76 Å². The van der Waals surface area contributed by atoms with Crippen molar-refractivity contribution < 1.29 is 28.1 Å². The Hall–Kier alpha value is -3.23. The summed E-state index contributed by atoms with van der Waals surface area (Å²) in [5.41, 5.74) is 0.376. The van der Waals surface area contributed by atoms with Crippen LogP contribution in [-0.2, 0) is 16.1 Å². The summed E-state index contributed by atoms with van der Waals surface area (Å²) in [5.74, 6) is -2.82. The Morgan fingerprint density at radius 3 is 2.62 bits per heavy atom.